The Kier molecular flexibility index (Phi) is 4.73. The summed E-state index contributed by atoms with van der Waals surface area (Å²) in [7, 11) is 0. The summed E-state index contributed by atoms with van der Waals surface area (Å²) < 4.78 is 1.47. The number of nitrogens with one attached hydrogen (secondary N) is 1. The minimum absolute atomic E-state index is 0.00501. The van der Waals surface area contributed by atoms with Crippen LogP contribution in [0.4, 0.5) is 0 Å². The SMILES string of the molecule is CCc1nc2nc(C)[nH]n2c(=O)c1CCC(C)CC(C)(C)C. The van der Waals surface area contributed by atoms with E-state index in [0.717, 1.165) is 36.9 Å². The van der Waals surface area contributed by atoms with Crippen molar-refractivity contribution in [2.75, 3.05) is 0 Å². The van der Waals surface area contributed by atoms with Gasteiger partial charge in [0.15, 0.2) is 0 Å². The largest absolute Gasteiger partial charge is 0.277 e. The molecule has 0 spiro atoms. The molecule has 1 unspecified atom stereocenters. The average molecular weight is 304 g/mol. The first-order chi connectivity index (χ1) is 10.2. The van der Waals surface area contributed by atoms with Crippen LogP contribution in [0.5, 0.6) is 0 Å². The van der Waals surface area contributed by atoms with Gasteiger partial charge in [0.2, 0.25) is 0 Å². The molecule has 0 aromatic carbocycles. The molecule has 2 aromatic rings. The van der Waals surface area contributed by atoms with E-state index in [2.05, 4.69) is 42.8 Å². The van der Waals surface area contributed by atoms with Crippen molar-refractivity contribution in [2.24, 2.45) is 11.3 Å². The molecule has 1 atom stereocenters. The summed E-state index contributed by atoms with van der Waals surface area (Å²) in [5, 5.41) is 2.97. The van der Waals surface area contributed by atoms with E-state index in [-0.39, 0.29) is 5.56 Å². The molecule has 122 valence electrons. The summed E-state index contributed by atoms with van der Waals surface area (Å²) in [6.45, 7) is 12.9. The van der Waals surface area contributed by atoms with Gasteiger partial charge in [-0.3, -0.25) is 9.89 Å². The monoisotopic (exact) mass is 304 g/mol. The van der Waals surface area contributed by atoms with Crippen molar-refractivity contribution >= 4 is 5.78 Å². The molecule has 2 heterocycles. The van der Waals surface area contributed by atoms with Gasteiger partial charge in [-0.25, -0.2) is 4.98 Å². The van der Waals surface area contributed by atoms with Gasteiger partial charge in [-0.1, -0.05) is 34.6 Å². The Bertz CT molecular complexity index is 706. The third kappa shape index (κ3) is 3.76. The number of hydrogen-bond donors (Lipinski definition) is 1. The fourth-order valence-corrected chi connectivity index (χ4v) is 3.18. The van der Waals surface area contributed by atoms with E-state index in [1.165, 1.54) is 4.52 Å². The summed E-state index contributed by atoms with van der Waals surface area (Å²) in [5.41, 5.74) is 2.05. The van der Waals surface area contributed by atoms with Crippen molar-refractivity contribution in [3.05, 3.63) is 27.4 Å². The summed E-state index contributed by atoms with van der Waals surface area (Å²) in [4.78, 5) is 21.5. The zero-order valence-corrected chi connectivity index (χ0v) is 14.7. The molecule has 0 aliphatic rings. The van der Waals surface area contributed by atoms with Gasteiger partial charge in [-0.05, 0) is 43.9 Å². The summed E-state index contributed by atoms with van der Waals surface area (Å²) >= 11 is 0. The Morgan fingerprint density at radius 2 is 1.95 bits per heavy atom. The predicted octanol–water partition coefficient (Wildman–Crippen LogP) is 3.29. The van der Waals surface area contributed by atoms with Crippen LogP contribution in [-0.2, 0) is 12.8 Å². The first-order valence-electron chi connectivity index (χ1n) is 8.18. The molecule has 0 bridgehead atoms. The van der Waals surface area contributed by atoms with Crippen LogP contribution in [0.2, 0.25) is 0 Å². The highest BCUT2D eigenvalue weighted by atomic mass is 16.1. The van der Waals surface area contributed by atoms with E-state index < -0.39 is 0 Å². The van der Waals surface area contributed by atoms with Crippen LogP contribution in [0.1, 0.15) is 64.5 Å². The van der Waals surface area contributed by atoms with Crippen molar-refractivity contribution in [3.63, 3.8) is 0 Å². The quantitative estimate of drug-likeness (QED) is 0.922. The molecular weight excluding hydrogens is 276 g/mol. The van der Waals surface area contributed by atoms with Gasteiger partial charge < -0.3 is 0 Å². The molecule has 0 amide bonds. The lowest BCUT2D eigenvalue weighted by molar-refractivity contribution is 0.296. The first-order valence-corrected chi connectivity index (χ1v) is 8.18. The molecule has 0 saturated carbocycles. The highest BCUT2D eigenvalue weighted by Crippen LogP contribution is 2.26. The Balaban J connectivity index is 2.26. The number of aromatic amines is 1. The van der Waals surface area contributed by atoms with E-state index in [1.807, 2.05) is 13.8 Å². The maximum Gasteiger partial charge on any atom is 0.277 e. The normalized spacial score (nSPS) is 13.7. The number of aromatic nitrogens is 4. The number of hydrogen-bond acceptors (Lipinski definition) is 3. The average Bonchev–Trinajstić information content (AvgIpc) is 2.76. The summed E-state index contributed by atoms with van der Waals surface area (Å²) in [6, 6.07) is 0. The molecule has 22 heavy (non-hydrogen) atoms. The van der Waals surface area contributed by atoms with Crippen LogP contribution < -0.4 is 5.56 Å². The van der Waals surface area contributed by atoms with Gasteiger partial charge >= 0.3 is 0 Å². The van der Waals surface area contributed by atoms with Crippen molar-refractivity contribution in [1.29, 1.82) is 0 Å². The molecule has 2 aromatic heterocycles. The minimum Gasteiger partial charge on any atom is -0.275 e. The molecule has 0 aliphatic heterocycles. The van der Waals surface area contributed by atoms with Crippen LogP contribution in [0.15, 0.2) is 4.79 Å². The van der Waals surface area contributed by atoms with Crippen LogP contribution in [-0.4, -0.2) is 19.6 Å². The van der Waals surface area contributed by atoms with Crippen LogP contribution in [0, 0.1) is 18.3 Å². The van der Waals surface area contributed by atoms with Crippen molar-refractivity contribution in [1.82, 2.24) is 19.6 Å². The second-order valence-corrected chi connectivity index (χ2v) is 7.55. The van der Waals surface area contributed by atoms with E-state index in [0.29, 0.717) is 22.9 Å². The number of H-pyrrole nitrogens is 1. The highest BCUT2D eigenvalue weighted by Gasteiger charge is 2.18. The van der Waals surface area contributed by atoms with E-state index >= 15 is 0 Å². The lowest BCUT2D eigenvalue weighted by Gasteiger charge is -2.23. The molecule has 5 nitrogen and oxygen atoms in total. The molecule has 1 N–H and O–H groups in total. The lowest BCUT2D eigenvalue weighted by atomic mass is 9.83. The zero-order valence-electron chi connectivity index (χ0n) is 14.7. The van der Waals surface area contributed by atoms with Crippen LogP contribution in [0.3, 0.4) is 0 Å². The van der Waals surface area contributed by atoms with Gasteiger partial charge in [0.25, 0.3) is 11.3 Å². The van der Waals surface area contributed by atoms with Crippen molar-refractivity contribution in [3.8, 4) is 0 Å². The maximum atomic E-state index is 12.7. The van der Waals surface area contributed by atoms with Gasteiger partial charge in [0.1, 0.15) is 5.82 Å². The third-order valence-electron chi connectivity index (χ3n) is 3.97. The second kappa shape index (κ2) is 6.23. The van der Waals surface area contributed by atoms with E-state index in [1.54, 1.807) is 0 Å². The smallest absolute Gasteiger partial charge is 0.275 e. The van der Waals surface area contributed by atoms with Crippen LogP contribution >= 0.6 is 0 Å². The number of aryl methyl sites for hydroxylation is 2. The topological polar surface area (TPSA) is 63.1 Å². The highest BCUT2D eigenvalue weighted by molar-refractivity contribution is 5.32. The predicted molar refractivity (Wildman–Crippen MR) is 89.3 cm³/mol. The second-order valence-electron chi connectivity index (χ2n) is 7.55. The Morgan fingerprint density at radius 3 is 2.55 bits per heavy atom. The number of fused-ring (bicyclic) bond motifs is 1. The van der Waals surface area contributed by atoms with Crippen molar-refractivity contribution in [2.45, 2.75) is 67.2 Å². The zero-order chi connectivity index (χ0) is 16.5. The fourth-order valence-electron chi connectivity index (χ4n) is 3.18. The first kappa shape index (κ1) is 16.7. The Labute approximate surface area is 132 Å². The molecule has 0 fully saturated rings. The summed E-state index contributed by atoms with van der Waals surface area (Å²) in [5.74, 6) is 1.78. The van der Waals surface area contributed by atoms with Gasteiger partial charge in [-0.15, -0.1) is 0 Å². The molecule has 0 radical (unpaired) electrons. The summed E-state index contributed by atoms with van der Waals surface area (Å²) in [6.07, 6.45) is 3.73. The Hall–Kier alpha value is -1.65. The van der Waals surface area contributed by atoms with E-state index in [4.69, 9.17) is 0 Å². The van der Waals surface area contributed by atoms with Gasteiger partial charge in [0.05, 0.1) is 5.69 Å². The van der Waals surface area contributed by atoms with Gasteiger partial charge in [-0.2, -0.15) is 9.50 Å². The van der Waals surface area contributed by atoms with Crippen molar-refractivity contribution < 1.29 is 0 Å². The fraction of sp³-hybridized carbons (Fsp3) is 0.706. The standard InChI is InChI=1S/C17H28N4O/c1-7-14-13(9-8-11(2)10-17(4,5)6)15(22)21-16(19-14)18-12(3)20-21/h11H,7-10H2,1-6H3,(H,18,19,20). The molecule has 0 aliphatic carbocycles. The van der Waals surface area contributed by atoms with Gasteiger partial charge in [0, 0.05) is 5.56 Å². The maximum absolute atomic E-state index is 12.7. The van der Waals surface area contributed by atoms with E-state index in [9.17, 15) is 4.79 Å². The molecule has 5 heteroatoms. The molecule has 2 rings (SSSR count). The molecular formula is C17H28N4O. The number of nitrogens with zero attached hydrogens (tertiary/aromatic N) is 3. The number of rotatable bonds is 5. The van der Waals surface area contributed by atoms with Crippen LogP contribution in [0.25, 0.3) is 5.78 Å². The minimum atomic E-state index is 0.00501. The third-order valence-corrected chi connectivity index (χ3v) is 3.97. The molecule has 0 saturated heterocycles. The lowest BCUT2D eigenvalue weighted by Crippen LogP contribution is -2.23. The Morgan fingerprint density at radius 1 is 1.27 bits per heavy atom.